The minimum Gasteiger partial charge on any atom is -0.406 e. The molecule has 2 aromatic heterocycles. The van der Waals surface area contributed by atoms with Crippen molar-refractivity contribution in [3.63, 3.8) is 0 Å². The highest BCUT2D eigenvalue weighted by atomic mass is 35.5. The molecule has 0 bridgehead atoms. The summed E-state index contributed by atoms with van der Waals surface area (Å²) in [6.07, 6.45) is -4.76. The van der Waals surface area contributed by atoms with Gasteiger partial charge in [0.05, 0.1) is 21.3 Å². The molecule has 0 unspecified atom stereocenters. The molecular formula is C19H18ClF3N6O2S. The predicted molar refractivity (Wildman–Crippen MR) is 119 cm³/mol. The fourth-order valence-corrected chi connectivity index (χ4v) is 3.88. The molecule has 4 rings (SSSR count). The first kappa shape index (κ1) is 23.6. The number of carbonyl (C=O) groups excluding carboxylic acids is 1. The van der Waals surface area contributed by atoms with E-state index in [4.69, 9.17) is 5.73 Å². The number of hydrogen-bond acceptors (Lipinski definition) is 7. The number of rotatable bonds is 6. The zero-order valence-corrected chi connectivity index (χ0v) is 18.2. The molecule has 0 spiro atoms. The van der Waals surface area contributed by atoms with Crippen LogP contribution in [-0.4, -0.2) is 39.9 Å². The third kappa shape index (κ3) is 5.03. The van der Waals surface area contributed by atoms with Crippen molar-refractivity contribution in [3.05, 3.63) is 42.0 Å². The van der Waals surface area contributed by atoms with E-state index in [2.05, 4.69) is 25.3 Å². The van der Waals surface area contributed by atoms with Gasteiger partial charge < -0.3 is 25.7 Å². The van der Waals surface area contributed by atoms with Gasteiger partial charge in [-0.25, -0.2) is 9.97 Å². The van der Waals surface area contributed by atoms with Gasteiger partial charge in [-0.15, -0.1) is 25.6 Å². The maximum atomic E-state index is 12.4. The van der Waals surface area contributed by atoms with Gasteiger partial charge in [-0.2, -0.15) is 0 Å². The lowest BCUT2D eigenvalue weighted by Crippen LogP contribution is -2.28. The minimum atomic E-state index is -4.76. The number of benzene rings is 2. The van der Waals surface area contributed by atoms with E-state index in [1.165, 1.54) is 29.5 Å². The van der Waals surface area contributed by atoms with E-state index in [1.807, 2.05) is 0 Å². The van der Waals surface area contributed by atoms with Gasteiger partial charge in [0, 0.05) is 31.8 Å². The number of nitrogens with zero attached hydrogens (tertiary/aromatic N) is 3. The number of hydrogen-bond donors (Lipinski definition) is 3. The molecule has 0 radical (unpaired) electrons. The molecule has 32 heavy (non-hydrogen) atoms. The van der Waals surface area contributed by atoms with Crippen molar-refractivity contribution in [2.24, 2.45) is 12.8 Å². The van der Waals surface area contributed by atoms with E-state index in [-0.39, 0.29) is 24.1 Å². The molecule has 0 saturated heterocycles. The summed E-state index contributed by atoms with van der Waals surface area (Å²) in [5.74, 6) is -0.0747. The summed E-state index contributed by atoms with van der Waals surface area (Å²) in [7, 11) is 1.80. The average molecular weight is 487 g/mol. The highest BCUT2D eigenvalue weighted by molar-refractivity contribution is 7.22. The Morgan fingerprint density at radius 1 is 1.19 bits per heavy atom. The van der Waals surface area contributed by atoms with E-state index in [0.29, 0.717) is 45.5 Å². The summed E-state index contributed by atoms with van der Waals surface area (Å²) in [4.78, 5) is 21.0. The maximum Gasteiger partial charge on any atom is 0.573 e. The number of alkyl halides is 3. The summed E-state index contributed by atoms with van der Waals surface area (Å²) in [6.45, 7) is 0.719. The van der Waals surface area contributed by atoms with Gasteiger partial charge in [-0.05, 0) is 30.3 Å². The summed E-state index contributed by atoms with van der Waals surface area (Å²) in [5, 5.41) is 6.24. The van der Waals surface area contributed by atoms with E-state index < -0.39 is 6.36 Å². The van der Waals surface area contributed by atoms with E-state index in [9.17, 15) is 18.0 Å². The highest BCUT2D eigenvalue weighted by Gasteiger charge is 2.31. The van der Waals surface area contributed by atoms with Crippen LogP contribution in [0.4, 0.5) is 24.3 Å². The van der Waals surface area contributed by atoms with Crippen molar-refractivity contribution in [1.29, 1.82) is 0 Å². The number of imidazole rings is 1. The maximum absolute atomic E-state index is 12.4. The van der Waals surface area contributed by atoms with Crippen LogP contribution < -0.4 is 21.1 Å². The molecule has 1 amide bonds. The van der Waals surface area contributed by atoms with Crippen LogP contribution in [0.2, 0.25) is 0 Å². The topological polar surface area (TPSA) is 107 Å². The van der Waals surface area contributed by atoms with Gasteiger partial charge in [0.15, 0.2) is 5.13 Å². The molecule has 0 fully saturated rings. The summed E-state index contributed by atoms with van der Waals surface area (Å²) >= 11 is 1.17. The van der Waals surface area contributed by atoms with E-state index >= 15 is 0 Å². The van der Waals surface area contributed by atoms with Crippen LogP contribution in [0.15, 0.2) is 36.4 Å². The van der Waals surface area contributed by atoms with Gasteiger partial charge >= 0.3 is 6.36 Å². The third-order valence-corrected chi connectivity index (χ3v) is 5.32. The van der Waals surface area contributed by atoms with Gasteiger partial charge in [0.1, 0.15) is 5.75 Å². The van der Waals surface area contributed by atoms with Gasteiger partial charge in [-0.1, -0.05) is 11.3 Å². The first-order valence-corrected chi connectivity index (χ1v) is 9.93. The predicted octanol–water partition coefficient (Wildman–Crippen LogP) is 3.94. The van der Waals surface area contributed by atoms with E-state index in [0.717, 1.165) is 5.52 Å². The molecule has 0 aliphatic carbocycles. The number of carbonyl (C=O) groups is 1. The monoisotopic (exact) mass is 486 g/mol. The van der Waals surface area contributed by atoms with Crippen LogP contribution in [0.3, 0.4) is 0 Å². The van der Waals surface area contributed by atoms with Crippen LogP contribution in [-0.2, 0) is 7.05 Å². The first-order valence-electron chi connectivity index (χ1n) is 9.11. The number of aromatic nitrogens is 3. The second-order valence-electron chi connectivity index (χ2n) is 6.56. The smallest absolute Gasteiger partial charge is 0.406 e. The van der Waals surface area contributed by atoms with Crippen LogP contribution in [0.1, 0.15) is 10.4 Å². The molecule has 2 heterocycles. The summed E-state index contributed by atoms with van der Waals surface area (Å²) in [5.41, 5.74) is 7.79. The van der Waals surface area contributed by atoms with Crippen molar-refractivity contribution >= 4 is 62.0 Å². The zero-order valence-electron chi connectivity index (χ0n) is 16.6. The lowest BCUT2D eigenvalue weighted by Gasteiger charge is -2.07. The molecule has 0 aliphatic rings. The number of anilines is 2. The van der Waals surface area contributed by atoms with Gasteiger partial charge in [0.2, 0.25) is 5.95 Å². The molecule has 2 aromatic carbocycles. The molecule has 4 N–H and O–H groups in total. The molecular weight excluding hydrogens is 469 g/mol. The second-order valence-corrected chi connectivity index (χ2v) is 7.59. The van der Waals surface area contributed by atoms with Crippen LogP contribution in [0.5, 0.6) is 5.75 Å². The highest BCUT2D eigenvalue weighted by Crippen LogP contribution is 2.33. The first-order chi connectivity index (χ1) is 14.7. The van der Waals surface area contributed by atoms with Gasteiger partial charge in [0.25, 0.3) is 5.91 Å². The zero-order chi connectivity index (χ0) is 22.2. The molecule has 4 aromatic rings. The summed E-state index contributed by atoms with van der Waals surface area (Å²) in [6, 6.07) is 9.10. The quantitative estimate of drug-likeness (QED) is 0.381. The number of aryl methyl sites for hydroxylation is 1. The lowest BCUT2D eigenvalue weighted by atomic mass is 10.2. The molecule has 8 nitrogen and oxygen atoms in total. The number of amides is 1. The molecule has 170 valence electrons. The lowest BCUT2D eigenvalue weighted by molar-refractivity contribution is -0.274. The number of nitrogens with two attached hydrogens (primary N) is 1. The fourth-order valence-electron chi connectivity index (χ4n) is 2.99. The Morgan fingerprint density at radius 2 is 1.97 bits per heavy atom. The SMILES string of the molecule is Cl.Cn1c(Nc2nc3ccc(OC(F)(F)F)cc3s2)nc2cc(C(=O)NCCN)ccc21. The number of thiazole rings is 1. The molecule has 0 saturated carbocycles. The molecule has 0 atom stereocenters. The van der Waals surface area contributed by atoms with E-state index in [1.54, 1.807) is 29.8 Å². The largest absolute Gasteiger partial charge is 0.573 e. The number of fused-ring (bicyclic) bond motifs is 2. The van der Waals surface area contributed by atoms with Crippen molar-refractivity contribution in [1.82, 2.24) is 19.9 Å². The Hall–Kier alpha value is -3.09. The standard InChI is InChI=1S/C19H17F3N6O2S.ClH/c1-28-14-5-2-10(16(29)24-7-6-23)8-13(14)25-17(28)27-18-26-12-4-3-11(9-15(12)31-18)30-19(20,21)22;/h2-5,8-9H,6-7,23H2,1H3,(H,24,29)(H,25,26,27);1H. The normalized spacial score (nSPS) is 11.4. The Morgan fingerprint density at radius 3 is 2.69 bits per heavy atom. The van der Waals surface area contributed by atoms with Crippen LogP contribution >= 0.6 is 23.7 Å². The third-order valence-electron chi connectivity index (χ3n) is 4.39. The fraction of sp³-hybridized carbons (Fsp3) is 0.211. The van der Waals surface area contributed by atoms with Crippen molar-refractivity contribution < 1.29 is 22.7 Å². The minimum absolute atomic E-state index is 0. The van der Waals surface area contributed by atoms with Crippen molar-refractivity contribution in [3.8, 4) is 5.75 Å². The second kappa shape index (κ2) is 9.18. The van der Waals surface area contributed by atoms with Crippen LogP contribution in [0, 0.1) is 0 Å². The van der Waals surface area contributed by atoms with Crippen LogP contribution in [0.25, 0.3) is 21.3 Å². The van der Waals surface area contributed by atoms with Gasteiger partial charge in [-0.3, -0.25) is 4.79 Å². The number of halogens is 4. The Labute approximate surface area is 190 Å². The Kier molecular flexibility index (Phi) is 6.77. The molecule has 13 heteroatoms. The molecule has 0 aliphatic heterocycles. The van der Waals surface area contributed by atoms with Crippen molar-refractivity contribution in [2.75, 3.05) is 18.4 Å². The Balaban J connectivity index is 0.00000289. The number of ether oxygens (including phenoxy) is 1. The summed E-state index contributed by atoms with van der Waals surface area (Å²) < 4.78 is 43.6. The average Bonchev–Trinajstić information content (AvgIpc) is 3.24. The number of nitrogens with one attached hydrogen (secondary N) is 2. The Bertz CT molecular complexity index is 1270. The van der Waals surface area contributed by atoms with Crippen molar-refractivity contribution in [2.45, 2.75) is 6.36 Å².